The van der Waals surface area contributed by atoms with Gasteiger partial charge in [0.2, 0.25) is 0 Å². The maximum atomic E-state index is 12.4. The SMILES string of the molecule is CC1(C)OC(=O)C(c2ccccc2)=C1c1ccc(S(C)(=O)=O)cc1. The van der Waals surface area contributed by atoms with E-state index < -0.39 is 15.4 Å². The quantitative estimate of drug-likeness (QED) is 0.803. The second-order valence-electron chi connectivity index (χ2n) is 6.31. The van der Waals surface area contributed by atoms with Crippen LogP contribution in [0.25, 0.3) is 11.1 Å². The van der Waals surface area contributed by atoms with Gasteiger partial charge in [0.1, 0.15) is 5.60 Å². The van der Waals surface area contributed by atoms with E-state index in [0.717, 1.165) is 16.7 Å². The van der Waals surface area contributed by atoms with Crippen LogP contribution in [0.3, 0.4) is 0 Å². The Morgan fingerprint density at radius 2 is 1.46 bits per heavy atom. The Bertz CT molecular complexity index is 921. The third-order valence-electron chi connectivity index (χ3n) is 4.04. The monoisotopic (exact) mass is 342 g/mol. The van der Waals surface area contributed by atoms with Gasteiger partial charge < -0.3 is 4.74 Å². The van der Waals surface area contributed by atoms with E-state index in [1.165, 1.54) is 6.26 Å². The van der Waals surface area contributed by atoms with Crippen LogP contribution >= 0.6 is 0 Å². The van der Waals surface area contributed by atoms with Crippen LogP contribution in [-0.4, -0.2) is 26.2 Å². The minimum Gasteiger partial charge on any atom is -0.451 e. The minimum absolute atomic E-state index is 0.246. The number of carbonyl (C=O) groups excluding carboxylic acids is 1. The molecule has 0 saturated heterocycles. The number of cyclic esters (lactones) is 1. The van der Waals surface area contributed by atoms with E-state index in [1.807, 2.05) is 44.2 Å². The van der Waals surface area contributed by atoms with Crippen LogP contribution in [-0.2, 0) is 19.4 Å². The Morgan fingerprint density at radius 3 is 2.00 bits per heavy atom. The number of rotatable bonds is 3. The summed E-state index contributed by atoms with van der Waals surface area (Å²) in [6, 6.07) is 15.9. The fourth-order valence-corrected chi connectivity index (χ4v) is 3.60. The van der Waals surface area contributed by atoms with Gasteiger partial charge in [0, 0.05) is 11.8 Å². The first kappa shape index (κ1) is 16.5. The van der Waals surface area contributed by atoms with E-state index in [9.17, 15) is 13.2 Å². The highest BCUT2D eigenvalue weighted by Crippen LogP contribution is 2.43. The highest BCUT2D eigenvalue weighted by atomic mass is 32.2. The van der Waals surface area contributed by atoms with Gasteiger partial charge in [-0.1, -0.05) is 42.5 Å². The van der Waals surface area contributed by atoms with E-state index in [0.29, 0.717) is 5.57 Å². The van der Waals surface area contributed by atoms with Crippen molar-refractivity contribution in [3.63, 3.8) is 0 Å². The molecule has 2 aromatic rings. The molecule has 124 valence electrons. The molecule has 0 radical (unpaired) electrons. The zero-order valence-electron chi connectivity index (χ0n) is 13.7. The lowest BCUT2D eigenvalue weighted by Crippen LogP contribution is -2.22. The third-order valence-corrected chi connectivity index (χ3v) is 5.17. The Kier molecular flexibility index (Phi) is 3.84. The fraction of sp³-hybridized carbons (Fsp3) is 0.211. The summed E-state index contributed by atoms with van der Waals surface area (Å²) < 4.78 is 28.8. The van der Waals surface area contributed by atoms with Crippen LogP contribution in [0, 0.1) is 0 Å². The molecule has 0 fully saturated rings. The van der Waals surface area contributed by atoms with Crippen molar-refractivity contribution in [3.05, 3.63) is 65.7 Å². The van der Waals surface area contributed by atoms with Crippen LogP contribution < -0.4 is 0 Å². The number of hydrogen-bond acceptors (Lipinski definition) is 4. The van der Waals surface area contributed by atoms with Gasteiger partial charge in [-0.2, -0.15) is 0 Å². The highest BCUT2D eigenvalue weighted by molar-refractivity contribution is 7.90. The molecular formula is C19H18O4S. The molecule has 4 nitrogen and oxygen atoms in total. The van der Waals surface area contributed by atoms with Gasteiger partial charge in [0.15, 0.2) is 9.84 Å². The third kappa shape index (κ3) is 2.87. The summed E-state index contributed by atoms with van der Waals surface area (Å²) in [5.74, 6) is -0.367. The largest absolute Gasteiger partial charge is 0.451 e. The second-order valence-corrected chi connectivity index (χ2v) is 8.33. The molecule has 1 aliphatic heterocycles. The Morgan fingerprint density at radius 1 is 0.875 bits per heavy atom. The lowest BCUT2D eigenvalue weighted by Gasteiger charge is -2.21. The normalized spacial score (nSPS) is 17.0. The summed E-state index contributed by atoms with van der Waals surface area (Å²) in [6.45, 7) is 3.67. The number of esters is 1. The zero-order chi connectivity index (χ0) is 17.5. The fourth-order valence-electron chi connectivity index (χ4n) is 2.96. The van der Waals surface area contributed by atoms with Crippen molar-refractivity contribution >= 4 is 27.0 Å². The summed E-state index contributed by atoms with van der Waals surface area (Å²) in [4.78, 5) is 12.7. The number of sulfone groups is 1. The summed E-state index contributed by atoms with van der Waals surface area (Å²) in [5.41, 5.74) is 2.06. The van der Waals surface area contributed by atoms with Crippen LogP contribution in [0.4, 0.5) is 0 Å². The van der Waals surface area contributed by atoms with Gasteiger partial charge in [0.25, 0.3) is 0 Å². The topological polar surface area (TPSA) is 60.4 Å². The summed E-state index contributed by atoms with van der Waals surface area (Å²) in [5, 5.41) is 0. The van der Waals surface area contributed by atoms with Crippen molar-refractivity contribution in [2.24, 2.45) is 0 Å². The Balaban J connectivity index is 2.21. The van der Waals surface area contributed by atoms with E-state index in [-0.39, 0.29) is 10.9 Å². The van der Waals surface area contributed by atoms with Crippen molar-refractivity contribution in [1.82, 2.24) is 0 Å². The van der Waals surface area contributed by atoms with Gasteiger partial charge in [-0.3, -0.25) is 0 Å². The molecule has 24 heavy (non-hydrogen) atoms. The maximum absolute atomic E-state index is 12.4. The molecule has 0 saturated carbocycles. The molecule has 0 bridgehead atoms. The first-order valence-corrected chi connectivity index (χ1v) is 9.43. The number of hydrogen-bond donors (Lipinski definition) is 0. The molecule has 1 aliphatic rings. The van der Waals surface area contributed by atoms with Crippen LogP contribution in [0.2, 0.25) is 0 Å². The molecule has 0 amide bonds. The Labute approximate surface area is 141 Å². The van der Waals surface area contributed by atoms with Gasteiger partial charge >= 0.3 is 5.97 Å². The molecule has 0 atom stereocenters. The van der Waals surface area contributed by atoms with E-state index in [1.54, 1.807) is 24.3 Å². The van der Waals surface area contributed by atoms with E-state index in [2.05, 4.69) is 0 Å². The zero-order valence-corrected chi connectivity index (χ0v) is 14.6. The highest BCUT2D eigenvalue weighted by Gasteiger charge is 2.41. The molecule has 0 unspecified atom stereocenters. The van der Waals surface area contributed by atoms with Gasteiger partial charge in [0.05, 0.1) is 10.5 Å². The molecule has 0 aromatic heterocycles. The van der Waals surface area contributed by atoms with Gasteiger partial charge in [-0.05, 0) is 37.1 Å². The summed E-state index contributed by atoms with van der Waals surface area (Å²) >= 11 is 0. The predicted octanol–water partition coefficient (Wildman–Crippen LogP) is 3.34. The molecule has 1 heterocycles. The van der Waals surface area contributed by atoms with Crippen molar-refractivity contribution in [2.75, 3.05) is 6.26 Å². The lowest BCUT2D eigenvalue weighted by atomic mass is 9.87. The second kappa shape index (κ2) is 5.60. The maximum Gasteiger partial charge on any atom is 0.340 e. The summed E-state index contributed by atoms with van der Waals surface area (Å²) in [6.07, 6.45) is 1.17. The average molecular weight is 342 g/mol. The molecule has 0 spiro atoms. The average Bonchev–Trinajstić information content (AvgIpc) is 2.76. The lowest BCUT2D eigenvalue weighted by molar-refractivity contribution is -0.141. The molecular weight excluding hydrogens is 324 g/mol. The first-order valence-electron chi connectivity index (χ1n) is 7.54. The van der Waals surface area contributed by atoms with E-state index >= 15 is 0 Å². The number of ether oxygens (including phenoxy) is 1. The van der Waals surface area contributed by atoms with Crippen molar-refractivity contribution in [3.8, 4) is 0 Å². The standard InChI is InChI=1S/C19H18O4S/c1-19(2)17(14-9-11-15(12-10-14)24(3,21)22)16(18(20)23-19)13-7-5-4-6-8-13/h4-12H,1-3H3. The van der Waals surface area contributed by atoms with Crippen molar-refractivity contribution in [2.45, 2.75) is 24.3 Å². The van der Waals surface area contributed by atoms with Gasteiger partial charge in [-0.25, -0.2) is 13.2 Å². The number of benzene rings is 2. The van der Waals surface area contributed by atoms with Gasteiger partial charge in [-0.15, -0.1) is 0 Å². The molecule has 2 aromatic carbocycles. The molecule has 0 N–H and O–H groups in total. The van der Waals surface area contributed by atoms with Crippen LogP contribution in [0.1, 0.15) is 25.0 Å². The van der Waals surface area contributed by atoms with Crippen LogP contribution in [0.15, 0.2) is 59.5 Å². The Hall–Kier alpha value is -2.40. The number of carbonyl (C=O) groups is 1. The molecule has 5 heteroatoms. The predicted molar refractivity (Wildman–Crippen MR) is 93.0 cm³/mol. The van der Waals surface area contributed by atoms with Crippen LogP contribution in [0.5, 0.6) is 0 Å². The van der Waals surface area contributed by atoms with Crippen molar-refractivity contribution < 1.29 is 17.9 Å². The smallest absolute Gasteiger partial charge is 0.340 e. The summed E-state index contributed by atoms with van der Waals surface area (Å²) in [7, 11) is -3.26. The minimum atomic E-state index is -3.26. The van der Waals surface area contributed by atoms with E-state index in [4.69, 9.17) is 4.74 Å². The molecule has 3 rings (SSSR count). The van der Waals surface area contributed by atoms with Crippen molar-refractivity contribution in [1.29, 1.82) is 0 Å². The first-order chi connectivity index (χ1) is 11.2. The molecule has 0 aliphatic carbocycles.